The average molecular weight is 414 g/mol. The molecule has 3 aromatic rings. The lowest BCUT2D eigenvalue weighted by Gasteiger charge is -2.21. The van der Waals surface area contributed by atoms with Crippen LogP contribution in [0.2, 0.25) is 10.0 Å². The van der Waals surface area contributed by atoms with Gasteiger partial charge in [-0.2, -0.15) is 0 Å². The molecule has 0 radical (unpaired) electrons. The average Bonchev–Trinajstić information content (AvgIpc) is 3.14. The van der Waals surface area contributed by atoms with E-state index in [2.05, 4.69) is 4.98 Å². The van der Waals surface area contributed by atoms with Crippen molar-refractivity contribution in [2.45, 2.75) is 12.0 Å². The van der Waals surface area contributed by atoms with Gasteiger partial charge in [0.05, 0.1) is 0 Å². The van der Waals surface area contributed by atoms with Crippen molar-refractivity contribution in [3.05, 3.63) is 105 Å². The van der Waals surface area contributed by atoms with Gasteiger partial charge in [0.2, 0.25) is 0 Å². The third-order valence-electron chi connectivity index (χ3n) is 4.71. The monoisotopic (exact) mass is 413 g/mol. The third-order valence-corrected chi connectivity index (χ3v) is 6.47. The lowest BCUT2D eigenvalue weighted by molar-refractivity contribution is 0.210. The summed E-state index contributed by atoms with van der Waals surface area (Å²) in [6, 6.07) is 19.4. The van der Waals surface area contributed by atoms with E-state index in [-0.39, 0.29) is 5.92 Å². The summed E-state index contributed by atoms with van der Waals surface area (Å²) in [6.45, 7) is 0. The first-order chi connectivity index (χ1) is 13.1. The molecule has 27 heavy (non-hydrogen) atoms. The molecule has 0 amide bonds. The Bertz CT molecular complexity index is 956. The number of rotatable bonds is 4. The maximum absolute atomic E-state index is 11.2. The number of aromatic nitrogens is 1. The molecule has 0 fully saturated rings. The minimum atomic E-state index is -0.722. The summed E-state index contributed by atoms with van der Waals surface area (Å²) in [5, 5.41) is 12.6. The Morgan fingerprint density at radius 1 is 0.963 bits per heavy atom. The number of halogens is 2. The summed E-state index contributed by atoms with van der Waals surface area (Å²) in [4.78, 5) is 5.27. The minimum absolute atomic E-state index is 0.105. The SMILES string of the molecule is OC(C1=C(c2ccc(Cl)cc2)SCC1c1ccc(Cl)cc1)c1cccnc1. The van der Waals surface area contributed by atoms with E-state index in [0.29, 0.717) is 10.0 Å². The lowest BCUT2D eigenvalue weighted by atomic mass is 9.86. The number of hydrogen-bond donors (Lipinski definition) is 1. The number of aliphatic hydroxyl groups excluding tert-OH is 1. The van der Waals surface area contributed by atoms with Crippen LogP contribution in [-0.2, 0) is 0 Å². The van der Waals surface area contributed by atoms with Crippen LogP contribution in [0.4, 0.5) is 0 Å². The van der Waals surface area contributed by atoms with Gasteiger partial charge in [0, 0.05) is 44.6 Å². The van der Waals surface area contributed by atoms with E-state index < -0.39 is 6.10 Å². The second kappa shape index (κ2) is 8.07. The van der Waals surface area contributed by atoms with E-state index in [4.69, 9.17) is 23.2 Å². The summed E-state index contributed by atoms with van der Waals surface area (Å²) in [6.07, 6.45) is 2.71. The van der Waals surface area contributed by atoms with Crippen molar-refractivity contribution in [1.82, 2.24) is 4.98 Å². The molecule has 0 saturated heterocycles. The van der Waals surface area contributed by atoms with Crippen LogP contribution in [-0.4, -0.2) is 15.8 Å². The van der Waals surface area contributed by atoms with Crippen molar-refractivity contribution in [1.29, 1.82) is 0 Å². The lowest BCUT2D eigenvalue weighted by Crippen LogP contribution is -2.10. The molecule has 2 unspecified atom stereocenters. The summed E-state index contributed by atoms with van der Waals surface area (Å²) in [5.74, 6) is 0.972. The molecule has 2 atom stereocenters. The van der Waals surface area contributed by atoms with Crippen LogP contribution in [0.25, 0.3) is 4.91 Å². The van der Waals surface area contributed by atoms with Crippen molar-refractivity contribution < 1.29 is 5.11 Å². The zero-order valence-corrected chi connectivity index (χ0v) is 16.7. The van der Waals surface area contributed by atoms with E-state index in [1.165, 1.54) is 0 Å². The number of pyridine rings is 1. The molecule has 0 bridgehead atoms. The van der Waals surface area contributed by atoms with Crippen molar-refractivity contribution in [3.63, 3.8) is 0 Å². The first-order valence-corrected chi connectivity index (χ1v) is 10.3. The number of nitrogens with zero attached hydrogens (tertiary/aromatic N) is 1. The predicted octanol–water partition coefficient (Wildman–Crippen LogP) is 6.36. The molecule has 2 aromatic carbocycles. The Morgan fingerprint density at radius 2 is 1.63 bits per heavy atom. The summed E-state index contributed by atoms with van der Waals surface area (Å²) >= 11 is 13.9. The van der Waals surface area contributed by atoms with E-state index in [0.717, 1.165) is 32.9 Å². The third kappa shape index (κ3) is 3.92. The molecule has 0 spiro atoms. The normalized spacial score (nSPS) is 18.0. The van der Waals surface area contributed by atoms with Crippen LogP contribution in [0.5, 0.6) is 0 Å². The Hall–Kier alpha value is -1.78. The molecule has 1 aliphatic rings. The van der Waals surface area contributed by atoms with E-state index in [1.807, 2.05) is 60.7 Å². The highest BCUT2D eigenvalue weighted by Crippen LogP contribution is 2.51. The van der Waals surface area contributed by atoms with Gasteiger partial charge in [0.25, 0.3) is 0 Å². The summed E-state index contributed by atoms with van der Waals surface area (Å²) in [5.41, 5.74) is 4.01. The number of benzene rings is 2. The second-order valence-electron chi connectivity index (χ2n) is 6.40. The highest BCUT2D eigenvalue weighted by atomic mass is 35.5. The van der Waals surface area contributed by atoms with Gasteiger partial charge in [-0.15, -0.1) is 11.8 Å². The Balaban J connectivity index is 1.82. The highest BCUT2D eigenvalue weighted by molar-refractivity contribution is 8.08. The van der Waals surface area contributed by atoms with E-state index in [9.17, 15) is 5.11 Å². The molecule has 2 nitrogen and oxygen atoms in total. The minimum Gasteiger partial charge on any atom is -0.384 e. The largest absolute Gasteiger partial charge is 0.384 e. The Labute approximate surface area is 172 Å². The van der Waals surface area contributed by atoms with Crippen LogP contribution >= 0.6 is 35.0 Å². The quantitative estimate of drug-likeness (QED) is 0.539. The zero-order chi connectivity index (χ0) is 18.8. The summed E-state index contributed by atoms with van der Waals surface area (Å²) < 4.78 is 0. The molecule has 0 saturated carbocycles. The molecule has 1 aliphatic heterocycles. The van der Waals surface area contributed by atoms with Gasteiger partial charge >= 0.3 is 0 Å². The van der Waals surface area contributed by atoms with Crippen LogP contribution in [0, 0.1) is 0 Å². The number of thioether (sulfide) groups is 1. The van der Waals surface area contributed by atoms with Crippen molar-refractivity contribution in [2.24, 2.45) is 0 Å². The summed E-state index contributed by atoms with van der Waals surface area (Å²) in [7, 11) is 0. The van der Waals surface area contributed by atoms with E-state index >= 15 is 0 Å². The van der Waals surface area contributed by atoms with Gasteiger partial charge < -0.3 is 5.11 Å². The van der Waals surface area contributed by atoms with Crippen molar-refractivity contribution in [3.8, 4) is 0 Å². The molecular formula is C22H17Cl2NOS. The fourth-order valence-corrected chi connectivity index (χ4v) is 5.03. The van der Waals surface area contributed by atoms with Gasteiger partial charge in [0.15, 0.2) is 0 Å². The molecule has 1 aromatic heterocycles. The molecule has 136 valence electrons. The zero-order valence-electron chi connectivity index (χ0n) is 14.3. The van der Waals surface area contributed by atoms with Gasteiger partial charge in [-0.25, -0.2) is 0 Å². The molecule has 2 heterocycles. The first-order valence-electron chi connectivity index (χ1n) is 8.60. The predicted molar refractivity (Wildman–Crippen MR) is 114 cm³/mol. The Kier molecular flexibility index (Phi) is 5.55. The second-order valence-corrected chi connectivity index (χ2v) is 8.30. The fourth-order valence-electron chi connectivity index (χ4n) is 3.35. The van der Waals surface area contributed by atoms with Gasteiger partial charge in [-0.05, 0) is 47.0 Å². The van der Waals surface area contributed by atoms with Crippen LogP contribution in [0.15, 0.2) is 78.6 Å². The molecule has 1 N–H and O–H groups in total. The smallest absolute Gasteiger partial charge is 0.104 e. The maximum atomic E-state index is 11.2. The molecular weight excluding hydrogens is 397 g/mol. The van der Waals surface area contributed by atoms with Crippen LogP contribution < -0.4 is 0 Å². The topological polar surface area (TPSA) is 33.1 Å². The molecule has 4 rings (SSSR count). The number of hydrogen-bond acceptors (Lipinski definition) is 3. The fraction of sp³-hybridized carbons (Fsp3) is 0.136. The van der Waals surface area contributed by atoms with Gasteiger partial charge in [-0.1, -0.05) is 53.5 Å². The Morgan fingerprint density at radius 3 is 2.26 bits per heavy atom. The van der Waals surface area contributed by atoms with Crippen molar-refractivity contribution in [2.75, 3.05) is 5.75 Å². The van der Waals surface area contributed by atoms with Gasteiger partial charge in [0.1, 0.15) is 6.10 Å². The molecule has 0 aliphatic carbocycles. The van der Waals surface area contributed by atoms with Crippen molar-refractivity contribution >= 4 is 39.9 Å². The van der Waals surface area contributed by atoms with Crippen LogP contribution in [0.3, 0.4) is 0 Å². The van der Waals surface area contributed by atoms with Gasteiger partial charge in [-0.3, -0.25) is 4.98 Å². The maximum Gasteiger partial charge on any atom is 0.104 e. The molecule has 5 heteroatoms. The van der Waals surface area contributed by atoms with Crippen LogP contribution in [0.1, 0.15) is 28.7 Å². The highest BCUT2D eigenvalue weighted by Gasteiger charge is 2.33. The first kappa shape index (κ1) is 18.6. The number of aliphatic hydroxyl groups is 1. The van der Waals surface area contributed by atoms with E-state index in [1.54, 1.807) is 24.2 Å². The standard InChI is InChI=1S/C22H17Cl2NOS/c23-17-7-3-14(4-8-17)19-13-27-22(15-5-9-18(24)10-6-15)20(19)21(26)16-2-1-11-25-12-16/h1-12,19,21,26H,13H2.